The van der Waals surface area contributed by atoms with Gasteiger partial charge in [-0.2, -0.15) is 0 Å². The molecule has 4 rings (SSSR count). The lowest BCUT2D eigenvalue weighted by molar-refractivity contribution is -0.115. The van der Waals surface area contributed by atoms with Crippen molar-refractivity contribution in [2.24, 2.45) is 0 Å². The van der Waals surface area contributed by atoms with Crippen LogP contribution in [0, 0.1) is 13.8 Å². The van der Waals surface area contributed by atoms with Crippen molar-refractivity contribution in [2.45, 2.75) is 46.3 Å². The zero-order chi connectivity index (χ0) is 19.7. The third-order valence-electron chi connectivity index (χ3n) is 5.26. The number of benzene rings is 1. The molecule has 0 spiro atoms. The van der Waals surface area contributed by atoms with E-state index in [0.29, 0.717) is 0 Å². The average Bonchev–Trinajstić information content (AvgIpc) is 3.39. The minimum absolute atomic E-state index is 0.0931. The fourth-order valence-corrected chi connectivity index (χ4v) is 3.95. The molecule has 0 unspecified atom stereocenters. The van der Waals surface area contributed by atoms with Gasteiger partial charge in [-0.25, -0.2) is 4.98 Å². The first-order chi connectivity index (χ1) is 13.5. The van der Waals surface area contributed by atoms with Crippen molar-refractivity contribution < 1.29 is 9.53 Å². The summed E-state index contributed by atoms with van der Waals surface area (Å²) in [4.78, 5) is 16.4. The van der Waals surface area contributed by atoms with E-state index in [1.165, 1.54) is 6.92 Å². The summed E-state index contributed by atoms with van der Waals surface area (Å²) < 4.78 is 9.90. The highest BCUT2D eigenvalue weighted by atomic mass is 16.5. The number of aryl methyl sites for hydroxylation is 1. The van der Waals surface area contributed by atoms with Crippen LogP contribution in [0.25, 0.3) is 22.5 Å². The minimum Gasteiger partial charge on any atom is -0.376 e. The molecule has 1 saturated heterocycles. The van der Waals surface area contributed by atoms with Gasteiger partial charge in [-0.05, 0) is 32.8 Å². The maximum Gasteiger partial charge on any atom is 0.235 e. The van der Waals surface area contributed by atoms with Crippen LogP contribution in [-0.4, -0.2) is 32.8 Å². The first-order valence-corrected chi connectivity index (χ1v) is 9.73. The summed E-state index contributed by atoms with van der Waals surface area (Å²) in [5.74, 6) is -0.0931. The second-order valence-electron chi connectivity index (χ2n) is 7.38. The van der Waals surface area contributed by atoms with Crippen molar-refractivity contribution in [3.8, 4) is 22.5 Å². The van der Waals surface area contributed by atoms with E-state index >= 15 is 0 Å². The van der Waals surface area contributed by atoms with Crippen molar-refractivity contribution >= 4 is 5.91 Å². The zero-order valence-corrected chi connectivity index (χ0v) is 16.6. The lowest BCUT2D eigenvalue weighted by atomic mass is 10.0. The number of hydrogen-bond donors (Lipinski definition) is 1. The number of hydrogen-bond acceptors (Lipinski definition) is 3. The Morgan fingerprint density at radius 2 is 2.07 bits per heavy atom. The average molecular weight is 378 g/mol. The lowest BCUT2D eigenvalue weighted by Crippen LogP contribution is -2.22. The van der Waals surface area contributed by atoms with Crippen LogP contribution in [0.2, 0.25) is 0 Å². The number of amides is 1. The number of aromatic nitrogens is 3. The van der Waals surface area contributed by atoms with E-state index in [1.54, 1.807) is 0 Å². The molecule has 2 aromatic heterocycles. The van der Waals surface area contributed by atoms with Crippen molar-refractivity contribution in [1.82, 2.24) is 14.2 Å². The number of ether oxygens (including phenoxy) is 1. The van der Waals surface area contributed by atoms with Crippen LogP contribution in [0.15, 0.2) is 42.7 Å². The summed E-state index contributed by atoms with van der Waals surface area (Å²) in [7, 11) is 0. The predicted molar refractivity (Wildman–Crippen MR) is 110 cm³/mol. The number of nitrogens with one attached hydrogen (secondary N) is 1. The first kappa shape index (κ1) is 18.5. The number of imidazole rings is 1. The van der Waals surface area contributed by atoms with E-state index in [0.717, 1.165) is 59.9 Å². The Morgan fingerprint density at radius 3 is 2.75 bits per heavy atom. The molecule has 1 amide bonds. The molecule has 6 nitrogen and oxygen atoms in total. The summed E-state index contributed by atoms with van der Waals surface area (Å²) >= 11 is 0. The van der Waals surface area contributed by atoms with E-state index in [4.69, 9.17) is 9.72 Å². The van der Waals surface area contributed by atoms with Gasteiger partial charge in [-0.3, -0.25) is 14.9 Å². The highest BCUT2D eigenvalue weighted by molar-refractivity contribution is 5.83. The van der Waals surface area contributed by atoms with E-state index in [1.807, 2.05) is 43.0 Å². The van der Waals surface area contributed by atoms with Crippen molar-refractivity contribution in [2.75, 3.05) is 12.0 Å². The summed E-state index contributed by atoms with van der Waals surface area (Å²) in [5, 5.41) is 0. The van der Waals surface area contributed by atoms with Crippen LogP contribution in [0.1, 0.15) is 31.2 Å². The van der Waals surface area contributed by atoms with Gasteiger partial charge in [-0.1, -0.05) is 30.3 Å². The molecular weight excluding hydrogens is 352 g/mol. The van der Waals surface area contributed by atoms with Gasteiger partial charge in [0.15, 0.2) is 0 Å². The molecule has 1 atom stereocenters. The Morgan fingerprint density at radius 1 is 1.29 bits per heavy atom. The third kappa shape index (κ3) is 3.47. The normalized spacial score (nSPS) is 16.5. The van der Waals surface area contributed by atoms with E-state index < -0.39 is 0 Å². The second kappa shape index (κ2) is 7.64. The summed E-state index contributed by atoms with van der Waals surface area (Å²) in [6, 6.07) is 12.3. The second-order valence-corrected chi connectivity index (χ2v) is 7.38. The van der Waals surface area contributed by atoms with Crippen LogP contribution in [-0.2, 0) is 16.1 Å². The van der Waals surface area contributed by atoms with Gasteiger partial charge in [0.25, 0.3) is 0 Å². The monoisotopic (exact) mass is 378 g/mol. The van der Waals surface area contributed by atoms with Gasteiger partial charge in [-0.15, -0.1) is 0 Å². The molecule has 28 heavy (non-hydrogen) atoms. The Labute approximate surface area is 165 Å². The van der Waals surface area contributed by atoms with Crippen LogP contribution >= 0.6 is 0 Å². The largest absolute Gasteiger partial charge is 0.376 e. The Kier molecular flexibility index (Phi) is 5.05. The molecule has 0 bridgehead atoms. The molecule has 1 aliphatic rings. The first-order valence-electron chi connectivity index (χ1n) is 9.73. The molecule has 0 saturated carbocycles. The number of carbonyl (C=O) groups is 1. The third-order valence-corrected chi connectivity index (χ3v) is 5.26. The maximum absolute atomic E-state index is 11.6. The van der Waals surface area contributed by atoms with Crippen LogP contribution in [0.4, 0.5) is 0 Å². The SMILES string of the molecule is CC(=O)Nn1c(C)cc(-c2c(-c3ccccc3)ncn2C[C@H]2CCCO2)c1C. The minimum atomic E-state index is -0.0931. The Hall–Kier alpha value is -2.86. The predicted octanol–water partition coefficient (Wildman–Crippen LogP) is 3.90. The molecule has 0 aliphatic carbocycles. The topological polar surface area (TPSA) is 61.1 Å². The quantitative estimate of drug-likeness (QED) is 0.732. The van der Waals surface area contributed by atoms with Crippen LogP contribution < -0.4 is 5.43 Å². The molecule has 1 aromatic carbocycles. The summed E-state index contributed by atoms with van der Waals surface area (Å²) in [5.41, 5.74) is 9.02. The molecule has 3 aromatic rings. The van der Waals surface area contributed by atoms with Gasteiger partial charge in [0.2, 0.25) is 5.91 Å². The van der Waals surface area contributed by atoms with E-state index in [2.05, 4.69) is 28.2 Å². The smallest absolute Gasteiger partial charge is 0.235 e. The summed E-state index contributed by atoms with van der Waals surface area (Å²) in [6.07, 6.45) is 4.31. The number of carbonyl (C=O) groups excluding carboxylic acids is 1. The van der Waals surface area contributed by atoms with Crippen LogP contribution in [0.3, 0.4) is 0 Å². The Bertz CT molecular complexity index is 982. The van der Waals surface area contributed by atoms with Crippen molar-refractivity contribution in [3.05, 3.63) is 54.1 Å². The zero-order valence-electron chi connectivity index (χ0n) is 16.6. The lowest BCUT2D eigenvalue weighted by Gasteiger charge is -2.15. The molecule has 1 aliphatic heterocycles. The standard InChI is InChI=1S/C22H26N4O2/c1-15-12-20(16(2)26(15)24-17(3)27)22-21(18-8-5-4-6-9-18)23-14-25(22)13-19-10-7-11-28-19/h4-6,8-9,12,14,19H,7,10-11,13H2,1-3H3,(H,24,27)/t19-/m1/s1. The number of rotatable bonds is 5. The number of nitrogens with zero attached hydrogens (tertiary/aromatic N) is 3. The van der Waals surface area contributed by atoms with Gasteiger partial charge in [0.1, 0.15) is 0 Å². The van der Waals surface area contributed by atoms with Crippen molar-refractivity contribution in [3.63, 3.8) is 0 Å². The van der Waals surface area contributed by atoms with Gasteiger partial charge < -0.3 is 9.30 Å². The molecule has 1 N–H and O–H groups in total. The molecule has 0 radical (unpaired) electrons. The van der Waals surface area contributed by atoms with Gasteiger partial charge in [0.05, 0.1) is 30.4 Å². The van der Waals surface area contributed by atoms with Crippen molar-refractivity contribution in [1.29, 1.82) is 0 Å². The highest BCUT2D eigenvalue weighted by Crippen LogP contribution is 2.35. The molecular formula is C22H26N4O2. The fourth-order valence-electron chi connectivity index (χ4n) is 3.95. The Balaban J connectivity index is 1.84. The van der Waals surface area contributed by atoms with Gasteiger partial charge in [0, 0.05) is 36.0 Å². The maximum atomic E-state index is 11.6. The van der Waals surface area contributed by atoms with E-state index in [9.17, 15) is 4.79 Å². The molecule has 146 valence electrons. The highest BCUT2D eigenvalue weighted by Gasteiger charge is 2.23. The van der Waals surface area contributed by atoms with Crippen LogP contribution in [0.5, 0.6) is 0 Å². The van der Waals surface area contributed by atoms with Gasteiger partial charge >= 0.3 is 0 Å². The fraction of sp³-hybridized carbons (Fsp3) is 0.364. The van der Waals surface area contributed by atoms with E-state index in [-0.39, 0.29) is 12.0 Å². The molecule has 1 fully saturated rings. The summed E-state index contributed by atoms with van der Waals surface area (Å²) in [6.45, 7) is 7.15. The molecule has 6 heteroatoms. The molecule has 3 heterocycles.